The van der Waals surface area contributed by atoms with Crippen molar-refractivity contribution in [3.8, 4) is 0 Å². The van der Waals surface area contributed by atoms with Crippen molar-refractivity contribution in [1.29, 1.82) is 0 Å². The molecule has 0 radical (unpaired) electrons. The average Bonchev–Trinajstić information content (AvgIpc) is 2.53. The van der Waals surface area contributed by atoms with Gasteiger partial charge < -0.3 is 10.1 Å². The standard InChI is InChI=1S/C18H19NO2/c1-14-8-10-15(11-9-14)12-16(18(20)21-2)13-19-17-6-4-3-5-7-17/h3-12,19H,13H2,1-2H3/b16-12+. The van der Waals surface area contributed by atoms with Crippen molar-refractivity contribution in [2.45, 2.75) is 6.92 Å². The first-order valence-electron chi connectivity index (χ1n) is 6.83. The number of carbonyl (C=O) groups is 1. The van der Waals surface area contributed by atoms with Crippen LogP contribution < -0.4 is 5.32 Å². The molecule has 2 aromatic rings. The molecule has 1 N–H and O–H groups in total. The quantitative estimate of drug-likeness (QED) is 0.671. The lowest BCUT2D eigenvalue weighted by Gasteiger charge is -2.09. The van der Waals surface area contributed by atoms with Gasteiger partial charge in [-0.15, -0.1) is 0 Å². The summed E-state index contributed by atoms with van der Waals surface area (Å²) < 4.78 is 4.85. The van der Waals surface area contributed by atoms with Crippen molar-refractivity contribution < 1.29 is 9.53 Å². The highest BCUT2D eigenvalue weighted by molar-refractivity contribution is 5.94. The highest BCUT2D eigenvalue weighted by Crippen LogP contribution is 2.12. The Balaban J connectivity index is 2.14. The molecule has 0 bridgehead atoms. The van der Waals surface area contributed by atoms with Crippen LogP contribution in [0.1, 0.15) is 11.1 Å². The summed E-state index contributed by atoms with van der Waals surface area (Å²) in [7, 11) is 1.40. The third-order valence-corrected chi connectivity index (χ3v) is 3.12. The van der Waals surface area contributed by atoms with Gasteiger partial charge in [-0.3, -0.25) is 0 Å². The van der Waals surface area contributed by atoms with Crippen LogP contribution in [0.15, 0.2) is 60.2 Å². The molecular formula is C18H19NO2. The number of ether oxygens (including phenoxy) is 1. The molecule has 0 saturated carbocycles. The molecule has 0 aromatic heterocycles. The summed E-state index contributed by atoms with van der Waals surface area (Å²) in [5.74, 6) is -0.320. The predicted octanol–water partition coefficient (Wildman–Crippen LogP) is 3.66. The maximum Gasteiger partial charge on any atom is 0.335 e. The van der Waals surface area contributed by atoms with Crippen LogP contribution in [0.5, 0.6) is 0 Å². The van der Waals surface area contributed by atoms with E-state index in [-0.39, 0.29) is 5.97 Å². The number of methoxy groups -OCH3 is 1. The van der Waals surface area contributed by atoms with Crippen molar-refractivity contribution >= 4 is 17.7 Å². The molecule has 21 heavy (non-hydrogen) atoms. The van der Waals surface area contributed by atoms with E-state index in [1.807, 2.05) is 67.6 Å². The second-order valence-corrected chi connectivity index (χ2v) is 4.79. The van der Waals surface area contributed by atoms with Crippen molar-refractivity contribution in [2.24, 2.45) is 0 Å². The molecule has 3 nitrogen and oxygen atoms in total. The molecule has 0 saturated heterocycles. The van der Waals surface area contributed by atoms with Crippen LogP contribution in [-0.2, 0) is 9.53 Å². The SMILES string of the molecule is COC(=O)/C(=C/c1ccc(C)cc1)CNc1ccccc1. The van der Waals surface area contributed by atoms with Gasteiger partial charge in [0.05, 0.1) is 12.7 Å². The van der Waals surface area contributed by atoms with Gasteiger partial charge in [0.2, 0.25) is 0 Å². The van der Waals surface area contributed by atoms with Crippen LogP contribution in [0.25, 0.3) is 6.08 Å². The summed E-state index contributed by atoms with van der Waals surface area (Å²) in [6.07, 6.45) is 1.85. The van der Waals surface area contributed by atoms with Crippen molar-refractivity contribution in [2.75, 3.05) is 19.0 Å². The Labute approximate surface area is 125 Å². The van der Waals surface area contributed by atoms with E-state index in [1.165, 1.54) is 12.7 Å². The second kappa shape index (κ2) is 7.29. The van der Waals surface area contributed by atoms with Gasteiger partial charge in [-0.25, -0.2) is 4.79 Å². The number of hydrogen-bond donors (Lipinski definition) is 1. The van der Waals surface area contributed by atoms with Gasteiger partial charge in [-0.05, 0) is 30.7 Å². The third-order valence-electron chi connectivity index (χ3n) is 3.12. The summed E-state index contributed by atoms with van der Waals surface area (Å²) in [6, 6.07) is 17.8. The minimum Gasteiger partial charge on any atom is -0.466 e. The van der Waals surface area contributed by atoms with Gasteiger partial charge in [0, 0.05) is 12.2 Å². The summed E-state index contributed by atoms with van der Waals surface area (Å²) in [6.45, 7) is 2.45. The van der Waals surface area contributed by atoms with E-state index in [1.54, 1.807) is 0 Å². The number of carbonyl (C=O) groups excluding carboxylic acids is 1. The highest BCUT2D eigenvalue weighted by atomic mass is 16.5. The molecule has 0 unspecified atom stereocenters. The zero-order valence-electron chi connectivity index (χ0n) is 12.3. The van der Waals surface area contributed by atoms with Crippen LogP contribution in [0, 0.1) is 6.92 Å². The Morgan fingerprint density at radius 1 is 1.10 bits per heavy atom. The van der Waals surface area contributed by atoms with Gasteiger partial charge in [0.1, 0.15) is 0 Å². The Hall–Kier alpha value is -2.55. The molecule has 2 rings (SSSR count). The number of para-hydroxylation sites is 1. The summed E-state index contributed by atoms with van der Waals surface area (Å²) in [5, 5.41) is 3.22. The minimum absolute atomic E-state index is 0.320. The smallest absolute Gasteiger partial charge is 0.335 e. The third kappa shape index (κ3) is 4.49. The highest BCUT2D eigenvalue weighted by Gasteiger charge is 2.09. The van der Waals surface area contributed by atoms with Crippen LogP contribution in [0.2, 0.25) is 0 Å². The topological polar surface area (TPSA) is 38.3 Å². The second-order valence-electron chi connectivity index (χ2n) is 4.79. The zero-order valence-corrected chi connectivity index (χ0v) is 12.3. The van der Waals surface area contributed by atoms with Gasteiger partial charge in [-0.1, -0.05) is 48.0 Å². The number of nitrogens with one attached hydrogen (secondary N) is 1. The number of anilines is 1. The number of benzene rings is 2. The van der Waals surface area contributed by atoms with E-state index in [0.29, 0.717) is 12.1 Å². The van der Waals surface area contributed by atoms with Gasteiger partial charge in [0.25, 0.3) is 0 Å². The van der Waals surface area contributed by atoms with E-state index >= 15 is 0 Å². The van der Waals surface area contributed by atoms with Gasteiger partial charge >= 0.3 is 5.97 Å². The Morgan fingerprint density at radius 3 is 2.38 bits per heavy atom. The summed E-state index contributed by atoms with van der Waals surface area (Å²) in [5.41, 5.74) is 3.73. The van der Waals surface area contributed by atoms with Gasteiger partial charge in [0.15, 0.2) is 0 Å². The predicted molar refractivity (Wildman–Crippen MR) is 86.1 cm³/mol. The van der Waals surface area contributed by atoms with E-state index in [4.69, 9.17) is 4.74 Å². The molecule has 3 heteroatoms. The summed E-state index contributed by atoms with van der Waals surface area (Å²) in [4.78, 5) is 11.9. The largest absolute Gasteiger partial charge is 0.466 e. The average molecular weight is 281 g/mol. The van der Waals surface area contributed by atoms with E-state index in [2.05, 4.69) is 5.32 Å². The molecule has 0 fully saturated rings. The number of aryl methyl sites for hydroxylation is 1. The molecule has 2 aromatic carbocycles. The molecule has 0 spiro atoms. The molecule has 0 heterocycles. The number of esters is 1. The molecule has 0 aliphatic heterocycles. The Kier molecular flexibility index (Phi) is 5.16. The fraction of sp³-hybridized carbons (Fsp3) is 0.167. The first-order valence-corrected chi connectivity index (χ1v) is 6.83. The molecular weight excluding hydrogens is 262 g/mol. The lowest BCUT2D eigenvalue weighted by molar-refractivity contribution is -0.135. The normalized spacial score (nSPS) is 11.0. The minimum atomic E-state index is -0.320. The Morgan fingerprint density at radius 2 is 1.76 bits per heavy atom. The maximum atomic E-state index is 11.9. The fourth-order valence-corrected chi connectivity index (χ4v) is 1.93. The lowest BCUT2D eigenvalue weighted by atomic mass is 10.1. The number of rotatable bonds is 5. The van der Waals surface area contributed by atoms with Crippen LogP contribution >= 0.6 is 0 Å². The first kappa shape index (κ1) is 14.9. The maximum absolute atomic E-state index is 11.9. The van der Waals surface area contributed by atoms with Crippen LogP contribution in [-0.4, -0.2) is 19.6 Å². The molecule has 0 amide bonds. The van der Waals surface area contributed by atoms with Crippen molar-refractivity contribution in [3.05, 3.63) is 71.3 Å². The van der Waals surface area contributed by atoms with E-state index in [0.717, 1.165) is 11.3 Å². The van der Waals surface area contributed by atoms with Crippen molar-refractivity contribution in [3.63, 3.8) is 0 Å². The van der Waals surface area contributed by atoms with Crippen LogP contribution in [0.3, 0.4) is 0 Å². The Bertz CT molecular complexity index is 615. The van der Waals surface area contributed by atoms with E-state index in [9.17, 15) is 4.79 Å². The zero-order chi connectivity index (χ0) is 15.1. The molecule has 0 atom stereocenters. The summed E-state index contributed by atoms with van der Waals surface area (Å²) >= 11 is 0. The molecule has 0 aliphatic carbocycles. The lowest BCUT2D eigenvalue weighted by Crippen LogP contribution is -2.14. The first-order chi connectivity index (χ1) is 10.2. The molecule has 0 aliphatic rings. The van der Waals surface area contributed by atoms with E-state index < -0.39 is 0 Å². The monoisotopic (exact) mass is 281 g/mol. The fourth-order valence-electron chi connectivity index (χ4n) is 1.93. The van der Waals surface area contributed by atoms with Crippen LogP contribution in [0.4, 0.5) is 5.69 Å². The van der Waals surface area contributed by atoms with Gasteiger partial charge in [-0.2, -0.15) is 0 Å². The van der Waals surface area contributed by atoms with Crippen molar-refractivity contribution in [1.82, 2.24) is 0 Å². The molecule has 108 valence electrons. The number of hydrogen-bond acceptors (Lipinski definition) is 3.